The molecule has 1 amide bonds. The van der Waals surface area contributed by atoms with Gasteiger partial charge >= 0.3 is 0 Å². The van der Waals surface area contributed by atoms with Gasteiger partial charge in [-0.05, 0) is 37.1 Å². The van der Waals surface area contributed by atoms with Crippen LogP contribution in [0.4, 0.5) is 0 Å². The van der Waals surface area contributed by atoms with Crippen LogP contribution >= 0.6 is 0 Å². The van der Waals surface area contributed by atoms with E-state index < -0.39 is 10.0 Å². The molecule has 1 aromatic rings. The maximum Gasteiger partial charge on any atom is 0.243 e. The molecule has 0 aromatic heterocycles. The Balaban J connectivity index is 1.91. The first-order chi connectivity index (χ1) is 11.5. The lowest BCUT2D eigenvalue weighted by Gasteiger charge is -2.25. The first-order valence-electron chi connectivity index (χ1n) is 8.60. The fourth-order valence-corrected chi connectivity index (χ4v) is 4.27. The predicted molar refractivity (Wildman–Crippen MR) is 94.3 cm³/mol. The van der Waals surface area contributed by atoms with Crippen LogP contribution in [0.15, 0.2) is 29.2 Å². The highest BCUT2D eigenvalue weighted by Gasteiger charge is 2.25. The van der Waals surface area contributed by atoms with Gasteiger partial charge in [0.2, 0.25) is 15.9 Å². The monoisotopic (exact) mass is 353 g/mol. The molecular formula is C17H27N3O3S. The molecule has 0 spiro atoms. The van der Waals surface area contributed by atoms with Gasteiger partial charge in [-0.25, -0.2) is 8.42 Å². The van der Waals surface area contributed by atoms with E-state index in [2.05, 4.69) is 10.6 Å². The Labute approximate surface area is 144 Å². The summed E-state index contributed by atoms with van der Waals surface area (Å²) in [5.74, 6) is -0.0560. The van der Waals surface area contributed by atoms with Gasteiger partial charge in [0.25, 0.3) is 0 Å². The Bertz CT molecular complexity index is 623. The van der Waals surface area contributed by atoms with Crippen molar-refractivity contribution in [2.45, 2.75) is 37.5 Å². The van der Waals surface area contributed by atoms with Crippen LogP contribution in [0.3, 0.4) is 0 Å². The van der Waals surface area contributed by atoms with Gasteiger partial charge in [0.1, 0.15) is 0 Å². The fraction of sp³-hybridized carbons (Fsp3) is 0.588. The van der Waals surface area contributed by atoms with Crippen molar-refractivity contribution in [2.24, 2.45) is 0 Å². The van der Waals surface area contributed by atoms with Crippen molar-refractivity contribution in [3.8, 4) is 0 Å². The Morgan fingerprint density at radius 2 is 1.75 bits per heavy atom. The zero-order chi connectivity index (χ0) is 17.4. The third-order valence-corrected chi connectivity index (χ3v) is 6.03. The lowest BCUT2D eigenvalue weighted by molar-refractivity contribution is -0.120. The largest absolute Gasteiger partial charge is 0.355 e. The van der Waals surface area contributed by atoms with Crippen LogP contribution < -0.4 is 10.6 Å². The summed E-state index contributed by atoms with van der Waals surface area (Å²) in [5.41, 5.74) is 0.813. The first-order valence-corrected chi connectivity index (χ1v) is 10.0. The summed E-state index contributed by atoms with van der Waals surface area (Å²) < 4.78 is 26.7. The Morgan fingerprint density at radius 1 is 1.08 bits per heavy atom. The van der Waals surface area contributed by atoms with Crippen LogP contribution in [0, 0.1) is 0 Å². The van der Waals surface area contributed by atoms with Gasteiger partial charge < -0.3 is 10.6 Å². The van der Waals surface area contributed by atoms with E-state index >= 15 is 0 Å². The minimum absolute atomic E-state index is 0.0560. The normalized spacial score (nSPS) is 16.0. The fourth-order valence-electron chi connectivity index (χ4n) is 2.75. The van der Waals surface area contributed by atoms with E-state index in [-0.39, 0.29) is 12.3 Å². The Kier molecular flexibility index (Phi) is 7.20. The average Bonchev–Trinajstić information content (AvgIpc) is 2.60. The highest BCUT2D eigenvalue weighted by molar-refractivity contribution is 7.89. The van der Waals surface area contributed by atoms with Crippen molar-refractivity contribution in [1.29, 1.82) is 0 Å². The quantitative estimate of drug-likeness (QED) is 0.687. The molecule has 1 aliphatic heterocycles. The van der Waals surface area contributed by atoms with E-state index in [1.165, 1.54) is 0 Å². The van der Waals surface area contributed by atoms with E-state index in [9.17, 15) is 13.2 Å². The van der Waals surface area contributed by atoms with Crippen LogP contribution in [0.5, 0.6) is 0 Å². The molecule has 0 unspecified atom stereocenters. The number of carbonyl (C=O) groups excluding carboxylic acids is 1. The van der Waals surface area contributed by atoms with Crippen LogP contribution in [0.25, 0.3) is 0 Å². The molecule has 1 saturated heterocycles. The maximum atomic E-state index is 12.6. The number of amides is 1. The number of carbonyl (C=O) groups is 1. The number of rotatable bonds is 8. The second-order valence-electron chi connectivity index (χ2n) is 5.99. The van der Waals surface area contributed by atoms with E-state index in [1.54, 1.807) is 28.6 Å². The Morgan fingerprint density at radius 3 is 2.38 bits per heavy atom. The zero-order valence-electron chi connectivity index (χ0n) is 14.3. The molecule has 7 heteroatoms. The average molecular weight is 353 g/mol. The molecule has 1 aromatic carbocycles. The summed E-state index contributed by atoms with van der Waals surface area (Å²) in [6.45, 7) is 5.42. The molecule has 0 bridgehead atoms. The van der Waals surface area contributed by atoms with Crippen molar-refractivity contribution in [2.75, 3.05) is 32.7 Å². The minimum Gasteiger partial charge on any atom is -0.355 e. The standard InChI is InChI=1S/C17H27N3O3S/c1-2-18-10-11-19-17(21)14-15-6-8-16(9-7-15)24(22,23)20-12-4-3-5-13-20/h6-9,18H,2-5,10-14H2,1H3,(H,19,21). The molecule has 0 saturated carbocycles. The number of nitrogens with one attached hydrogen (secondary N) is 2. The molecule has 6 nitrogen and oxygen atoms in total. The molecule has 2 N–H and O–H groups in total. The lowest BCUT2D eigenvalue weighted by atomic mass is 10.1. The second kappa shape index (κ2) is 9.15. The van der Waals surface area contributed by atoms with Gasteiger partial charge in [0.05, 0.1) is 11.3 Å². The number of nitrogens with zero attached hydrogens (tertiary/aromatic N) is 1. The molecular weight excluding hydrogens is 326 g/mol. The third kappa shape index (κ3) is 5.29. The molecule has 0 atom stereocenters. The van der Waals surface area contributed by atoms with Gasteiger partial charge in [0.15, 0.2) is 0 Å². The molecule has 134 valence electrons. The molecule has 1 heterocycles. The zero-order valence-corrected chi connectivity index (χ0v) is 15.1. The smallest absolute Gasteiger partial charge is 0.243 e. The first kappa shape index (κ1) is 18.9. The number of sulfonamides is 1. The van der Waals surface area contributed by atoms with Crippen LogP contribution in [0.2, 0.25) is 0 Å². The van der Waals surface area contributed by atoms with Crippen molar-refractivity contribution in [3.05, 3.63) is 29.8 Å². The van der Waals surface area contributed by atoms with Crippen LogP contribution in [0.1, 0.15) is 31.7 Å². The van der Waals surface area contributed by atoms with Crippen LogP contribution in [-0.4, -0.2) is 51.4 Å². The highest BCUT2D eigenvalue weighted by atomic mass is 32.2. The van der Waals surface area contributed by atoms with Gasteiger partial charge in [0, 0.05) is 26.2 Å². The summed E-state index contributed by atoms with van der Waals surface area (Å²) in [5, 5.41) is 5.97. The molecule has 1 aliphatic rings. The van der Waals surface area contributed by atoms with E-state index in [0.29, 0.717) is 24.5 Å². The van der Waals surface area contributed by atoms with Crippen molar-refractivity contribution < 1.29 is 13.2 Å². The number of hydrogen-bond acceptors (Lipinski definition) is 4. The molecule has 0 radical (unpaired) electrons. The number of piperidine rings is 1. The topological polar surface area (TPSA) is 78.5 Å². The molecule has 2 rings (SSSR count). The van der Waals surface area contributed by atoms with Gasteiger partial charge in [-0.1, -0.05) is 25.5 Å². The summed E-state index contributed by atoms with van der Waals surface area (Å²) in [6.07, 6.45) is 3.19. The Hall–Kier alpha value is -1.44. The van der Waals surface area contributed by atoms with Crippen molar-refractivity contribution >= 4 is 15.9 Å². The number of benzene rings is 1. The molecule has 1 fully saturated rings. The number of hydrogen-bond donors (Lipinski definition) is 2. The van der Waals surface area contributed by atoms with Crippen molar-refractivity contribution in [3.63, 3.8) is 0 Å². The van der Waals surface area contributed by atoms with E-state index in [1.807, 2.05) is 6.92 Å². The van der Waals surface area contributed by atoms with Gasteiger partial charge in [-0.2, -0.15) is 4.31 Å². The summed E-state index contributed by atoms with van der Waals surface area (Å²) in [7, 11) is -3.40. The van der Waals surface area contributed by atoms with E-state index in [0.717, 1.165) is 37.9 Å². The third-order valence-electron chi connectivity index (χ3n) is 4.11. The maximum absolute atomic E-state index is 12.6. The SMILES string of the molecule is CCNCCNC(=O)Cc1ccc(S(=O)(=O)N2CCCCC2)cc1. The second-order valence-corrected chi connectivity index (χ2v) is 7.93. The lowest BCUT2D eigenvalue weighted by Crippen LogP contribution is -2.35. The van der Waals surface area contributed by atoms with Crippen molar-refractivity contribution in [1.82, 2.24) is 14.9 Å². The number of likely N-dealkylation sites (N-methyl/N-ethyl adjacent to an activating group) is 1. The van der Waals surface area contributed by atoms with Gasteiger partial charge in [-0.15, -0.1) is 0 Å². The molecule has 24 heavy (non-hydrogen) atoms. The van der Waals surface area contributed by atoms with Crippen LogP contribution in [-0.2, 0) is 21.2 Å². The van der Waals surface area contributed by atoms with Gasteiger partial charge in [-0.3, -0.25) is 4.79 Å². The van der Waals surface area contributed by atoms with E-state index in [4.69, 9.17) is 0 Å². The summed E-state index contributed by atoms with van der Waals surface area (Å²) >= 11 is 0. The minimum atomic E-state index is -3.40. The molecule has 0 aliphatic carbocycles. The summed E-state index contributed by atoms with van der Waals surface area (Å²) in [4.78, 5) is 12.1. The summed E-state index contributed by atoms with van der Waals surface area (Å²) in [6, 6.07) is 6.65. The predicted octanol–water partition coefficient (Wildman–Crippen LogP) is 1.13. The highest BCUT2D eigenvalue weighted by Crippen LogP contribution is 2.20.